The summed E-state index contributed by atoms with van der Waals surface area (Å²) in [6.45, 7) is 2.02. The molecule has 1 N–H and O–H groups in total. The monoisotopic (exact) mass is 336 g/mol. The van der Waals surface area contributed by atoms with Crippen molar-refractivity contribution in [1.29, 1.82) is 0 Å². The molecule has 3 rings (SSSR count). The molecule has 4 heteroatoms. The van der Waals surface area contributed by atoms with Crippen LogP contribution >= 0.6 is 15.9 Å². The minimum absolute atomic E-state index is 0.0834. The molecule has 1 aliphatic heterocycles. The summed E-state index contributed by atoms with van der Waals surface area (Å²) in [5.41, 5.74) is 2.11. The molecule has 1 amide bonds. The van der Waals surface area contributed by atoms with Gasteiger partial charge in [0, 0.05) is 10.5 Å². The molecule has 2 aliphatic rings. The van der Waals surface area contributed by atoms with E-state index in [4.69, 9.17) is 0 Å². The van der Waals surface area contributed by atoms with Gasteiger partial charge in [0.1, 0.15) is 6.04 Å². The predicted octanol–water partition coefficient (Wildman–Crippen LogP) is 4.32. The largest absolute Gasteiger partial charge is 0.355 e. The first kappa shape index (κ1) is 13.9. The highest BCUT2D eigenvalue weighted by molar-refractivity contribution is 9.10. The molecule has 0 bridgehead atoms. The molecule has 1 unspecified atom stereocenters. The number of carbonyl (C=O) groups excluding carboxylic acids is 1. The van der Waals surface area contributed by atoms with Gasteiger partial charge in [-0.25, -0.2) is 0 Å². The summed E-state index contributed by atoms with van der Waals surface area (Å²) in [7, 11) is 0. The van der Waals surface area contributed by atoms with Crippen LogP contribution in [0.3, 0.4) is 0 Å². The Morgan fingerprint density at radius 3 is 2.60 bits per heavy atom. The molecular weight excluding hydrogens is 316 g/mol. The Labute approximate surface area is 128 Å². The molecular formula is C16H21BrN2O. The Kier molecular flexibility index (Phi) is 4.01. The summed E-state index contributed by atoms with van der Waals surface area (Å²) < 4.78 is 1.07. The van der Waals surface area contributed by atoms with Gasteiger partial charge in [-0.05, 0) is 38.0 Å². The van der Waals surface area contributed by atoms with Crippen molar-refractivity contribution in [3.05, 3.63) is 22.7 Å². The third-order valence-corrected chi connectivity index (χ3v) is 5.00. The Balaban J connectivity index is 1.99. The maximum atomic E-state index is 12.2. The lowest BCUT2D eigenvalue weighted by atomic mass is 10.0. The number of halogens is 1. The maximum Gasteiger partial charge on any atom is 0.246 e. The molecule has 1 aromatic rings. The van der Waals surface area contributed by atoms with Crippen LogP contribution in [-0.4, -0.2) is 18.0 Å². The Bertz CT molecular complexity index is 509. The van der Waals surface area contributed by atoms with Gasteiger partial charge in [0.25, 0.3) is 0 Å². The van der Waals surface area contributed by atoms with E-state index in [2.05, 4.69) is 32.2 Å². The standard InChI is InChI=1S/C16H21BrN2O/c1-11-16(20)18-14-9-8-12(17)10-15(14)19(11)13-6-4-2-3-5-7-13/h8-11,13H,2-7H2,1H3,(H,18,20). The summed E-state index contributed by atoms with van der Waals surface area (Å²) in [6, 6.07) is 6.52. The van der Waals surface area contributed by atoms with Crippen LogP contribution in [0.4, 0.5) is 11.4 Å². The Morgan fingerprint density at radius 2 is 1.90 bits per heavy atom. The SMILES string of the molecule is CC1C(=O)Nc2ccc(Br)cc2N1C1CCCCCC1. The number of benzene rings is 1. The van der Waals surface area contributed by atoms with Crippen molar-refractivity contribution in [1.82, 2.24) is 0 Å². The Hall–Kier alpha value is -1.03. The van der Waals surface area contributed by atoms with Crippen LogP contribution in [0, 0.1) is 0 Å². The fourth-order valence-electron chi connectivity index (χ4n) is 3.45. The highest BCUT2D eigenvalue weighted by Gasteiger charge is 2.34. The molecule has 1 fully saturated rings. The van der Waals surface area contributed by atoms with E-state index < -0.39 is 0 Å². The highest BCUT2D eigenvalue weighted by atomic mass is 79.9. The van der Waals surface area contributed by atoms with E-state index in [1.165, 1.54) is 44.2 Å². The number of carbonyl (C=O) groups is 1. The quantitative estimate of drug-likeness (QED) is 0.774. The number of anilines is 2. The van der Waals surface area contributed by atoms with Gasteiger partial charge in [-0.3, -0.25) is 4.79 Å². The number of fused-ring (bicyclic) bond motifs is 1. The zero-order valence-electron chi connectivity index (χ0n) is 11.9. The number of hydrogen-bond donors (Lipinski definition) is 1. The average Bonchev–Trinajstić information content (AvgIpc) is 2.70. The topological polar surface area (TPSA) is 32.3 Å². The van der Waals surface area contributed by atoms with E-state index in [0.717, 1.165) is 10.2 Å². The molecule has 0 radical (unpaired) electrons. The number of amides is 1. The molecule has 20 heavy (non-hydrogen) atoms. The average molecular weight is 337 g/mol. The van der Waals surface area contributed by atoms with Gasteiger partial charge in [-0.2, -0.15) is 0 Å². The van der Waals surface area contributed by atoms with Crippen LogP contribution < -0.4 is 10.2 Å². The molecule has 3 nitrogen and oxygen atoms in total. The minimum Gasteiger partial charge on any atom is -0.355 e. The number of rotatable bonds is 1. The van der Waals surface area contributed by atoms with Crippen LogP contribution in [-0.2, 0) is 4.79 Å². The van der Waals surface area contributed by atoms with E-state index in [1.807, 2.05) is 19.1 Å². The second kappa shape index (κ2) is 5.76. The zero-order valence-corrected chi connectivity index (χ0v) is 13.4. The van der Waals surface area contributed by atoms with Gasteiger partial charge in [0.2, 0.25) is 5.91 Å². The van der Waals surface area contributed by atoms with Gasteiger partial charge >= 0.3 is 0 Å². The first-order valence-electron chi connectivity index (χ1n) is 7.55. The molecule has 0 spiro atoms. The third kappa shape index (κ3) is 2.58. The van der Waals surface area contributed by atoms with E-state index in [-0.39, 0.29) is 11.9 Å². The summed E-state index contributed by atoms with van der Waals surface area (Å²) in [6.07, 6.45) is 7.61. The smallest absolute Gasteiger partial charge is 0.246 e. The minimum atomic E-state index is -0.0834. The van der Waals surface area contributed by atoms with Crippen LogP contribution in [0.2, 0.25) is 0 Å². The summed E-state index contributed by atoms with van der Waals surface area (Å²) in [5, 5.41) is 3.02. The number of nitrogens with one attached hydrogen (secondary N) is 1. The van der Waals surface area contributed by atoms with E-state index in [9.17, 15) is 4.79 Å². The molecule has 1 heterocycles. The van der Waals surface area contributed by atoms with Crippen molar-refractivity contribution in [3.63, 3.8) is 0 Å². The molecule has 1 aliphatic carbocycles. The molecule has 0 aromatic heterocycles. The molecule has 1 atom stereocenters. The number of nitrogens with zero attached hydrogens (tertiary/aromatic N) is 1. The second-order valence-corrected chi connectivity index (χ2v) is 6.80. The third-order valence-electron chi connectivity index (χ3n) is 4.51. The molecule has 108 valence electrons. The number of hydrogen-bond acceptors (Lipinski definition) is 2. The van der Waals surface area contributed by atoms with Crippen molar-refractivity contribution in [3.8, 4) is 0 Å². The molecule has 0 saturated heterocycles. The molecule has 1 saturated carbocycles. The van der Waals surface area contributed by atoms with Gasteiger partial charge < -0.3 is 10.2 Å². The van der Waals surface area contributed by atoms with E-state index in [1.54, 1.807) is 0 Å². The summed E-state index contributed by atoms with van der Waals surface area (Å²) in [5.74, 6) is 0.115. The van der Waals surface area contributed by atoms with Crippen LogP contribution in [0.15, 0.2) is 22.7 Å². The van der Waals surface area contributed by atoms with Crippen molar-refractivity contribution >= 4 is 33.2 Å². The second-order valence-electron chi connectivity index (χ2n) is 5.88. The molecule has 1 aromatic carbocycles. The van der Waals surface area contributed by atoms with Crippen LogP contribution in [0.25, 0.3) is 0 Å². The van der Waals surface area contributed by atoms with Gasteiger partial charge in [-0.15, -0.1) is 0 Å². The summed E-state index contributed by atoms with van der Waals surface area (Å²) in [4.78, 5) is 14.6. The fraction of sp³-hybridized carbons (Fsp3) is 0.562. The van der Waals surface area contributed by atoms with Crippen molar-refractivity contribution in [2.75, 3.05) is 10.2 Å². The van der Waals surface area contributed by atoms with E-state index in [0.29, 0.717) is 6.04 Å². The zero-order chi connectivity index (χ0) is 14.1. The van der Waals surface area contributed by atoms with Crippen molar-refractivity contribution in [2.45, 2.75) is 57.5 Å². The fourth-order valence-corrected chi connectivity index (χ4v) is 3.79. The first-order chi connectivity index (χ1) is 9.66. The summed E-state index contributed by atoms with van der Waals surface area (Å²) >= 11 is 3.55. The van der Waals surface area contributed by atoms with Crippen LogP contribution in [0.5, 0.6) is 0 Å². The lowest BCUT2D eigenvalue weighted by Crippen LogP contribution is -2.51. The highest BCUT2D eigenvalue weighted by Crippen LogP contribution is 2.38. The van der Waals surface area contributed by atoms with Crippen molar-refractivity contribution < 1.29 is 4.79 Å². The van der Waals surface area contributed by atoms with Gasteiger partial charge in [0.05, 0.1) is 11.4 Å². The lowest BCUT2D eigenvalue weighted by molar-refractivity contribution is -0.117. The van der Waals surface area contributed by atoms with E-state index >= 15 is 0 Å². The van der Waals surface area contributed by atoms with Gasteiger partial charge in [-0.1, -0.05) is 41.6 Å². The lowest BCUT2D eigenvalue weighted by Gasteiger charge is -2.41. The maximum absolute atomic E-state index is 12.2. The Morgan fingerprint density at radius 1 is 1.20 bits per heavy atom. The van der Waals surface area contributed by atoms with Crippen molar-refractivity contribution in [2.24, 2.45) is 0 Å². The van der Waals surface area contributed by atoms with Crippen LogP contribution in [0.1, 0.15) is 45.4 Å². The van der Waals surface area contributed by atoms with Gasteiger partial charge in [0.15, 0.2) is 0 Å². The first-order valence-corrected chi connectivity index (χ1v) is 8.35. The normalized spacial score (nSPS) is 24.0. The predicted molar refractivity (Wildman–Crippen MR) is 86.2 cm³/mol.